The minimum Gasteiger partial charge on any atom is -0.419 e. The Labute approximate surface area is 113 Å². The summed E-state index contributed by atoms with van der Waals surface area (Å²) in [7, 11) is 0. The highest BCUT2D eigenvalue weighted by atomic mass is 16.7. The van der Waals surface area contributed by atoms with Gasteiger partial charge >= 0.3 is 11.9 Å². The molecule has 5 nitrogen and oxygen atoms in total. The van der Waals surface area contributed by atoms with E-state index >= 15 is 0 Å². The van der Waals surface area contributed by atoms with Crippen LogP contribution in [0.25, 0.3) is 0 Å². The van der Waals surface area contributed by atoms with Crippen LogP contribution < -0.4 is 0 Å². The number of carbonyl (C=O) groups is 2. The van der Waals surface area contributed by atoms with Gasteiger partial charge in [0.2, 0.25) is 0 Å². The second-order valence-corrected chi connectivity index (χ2v) is 4.16. The summed E-state index contributed by atoms with van der Waals surface area (Å²) in [6, 6.07) is 0. The quantitative estimate of drug-likeness (QED) is 0.394. The van der Waals surface area contributed by atoms with Crippen molar-refractivity contribution in [2.75, 3.05) is 0 Å². The van der Waals surface area contributed by atoms with E-state index in [-0.39, 0.29) is 12.8 Å². The second-order valence-electron chi connectivity index (χ2n) is 4.16. The molecule has 0 aromatic rings. The molecule has 1 N–H and O–H groups in total. The van der Waals surface area contributed by atoms with E-state index in [1.807, 2.05) is 6.92 Å². The maximum absolute atomic E-state index is 11.4. The summed E-state index contributed by atoms with van der Waals surface area (Å²) >= 11 is 0. The first kappa shape index (κ1) is 17.4. The fraction of sp³-hybridized carbons (Fsp3) is 0.571. The third-order valence-electron chi connectivity index (χ3n) is 2.61. The van der Waals surface area contributed by atoms with Crippen molar-refractivity contribution in [3.63, 3.8) is 0 Å². The Balaban J connectivity index is 5.02. The molecule has 0 rings (SSSR count). The third-order valence-corrected chi connectivity index (χ3v) is 2.61. The highest BCUT2D eigenvalue weighted by Gasteiger charge is 2.38. The van der Waals surface area contributed by atoms with Crippen LogP contribution in [0.4, 0.5) is 0 Å². The molecule has 0 spiro atoms. The van der Waals surface area contributed by atoms with Crippen molar-refractivity contribution in [3.8, 4) is 0 Å². The molecule has 0 saturated carbocycles. The molecule has 1 unspecified atom stereocenters. The van der Waals surface area contributed by atoms with E-state index in [0.29, 0.717) is 6.42 Å². The van der Waals surface area contributed by atoms with E-state index in [2.05, 4.69) is 13.2 Å². The molecular weight excluding hydrogens is 248 g/mol. The summed E-state index contributed by atoms with van der Waals surface area (Å²) in [5.74, 6) is -2.89. The van der Waals surface area contributed by atoms with Gasteiger partial charge in [-0.2, -0.15) is 0 Å². The van der Waals surface area contributed by atoms with Gasteiger partial charge in [0.15, 0.2) is 0 Å². The van der Waals surface area contributed by atoms with Crippen molar-refractivity contribution >= 4 is 11.9 Å². The number of aliphatic hydroxyl groups excluding tert-OH is 1. The second kappa shape index (κ2) is 8.48. The van der Waals surface area contributed by atoms with Gasteiger partial charge in [0, 0.05) is 18.6 Å². The molecule has 0 fully saturated rings. The standard InChI is InChI=1S/C14H22O5/c1-5-9-11(15)10-14(8-4,18-12(16)6-2)19-13(17)7-3/h6-7,11,15H,2-3,5,8-10H2,1,4H3. The largest absolute Gasteiger partial charge is 0.419 e. The minimum atomic E-state index is -1.48. The lowest BCUT2D eigenvalue weighted by Crippen LogP contribution is -2.42. The minimum absolute atomic E-state index is 0.0243. The van der Waals surface area contributed by atoms with Crippen LogP contribution in [0, 0.1) is 0 Å². The van der Waals surface area contributed by atoms with Crippen molar-refractivity contribution in [2.45, 2.75) is 51.4 Å². The third kappa shape index (κ3) is 6.20. The molecule has 5 heteroatoms. The van der Waals surface area contributed by atoms with Crippen molar-refractivity contribution in [2.24, 2.45) is 0 Å². The molecule has 0 aromatic heterocycles. The van der Waals surface area contributed by atoms with Gasteiger partial charge in [-0.3, -0.25) is 0 Å². The monoisotopic (exact) mass is 270 g/mol. The Bertz CT molecular complexity index is 313. The Hall–Kier alpha value is -1.62. The molecule has 0 aliphatic rings. The maximum Gasteiger partial charge on any atom is 0.333 e. The van der Waals surface area contributed by atoms with E-state index < -0.39 is 23.8 Å². The molecule has 1 atom stereocenters. The van der Waals surface area contributed by atoms with Gasteiger partial charge in [-0.05, 0) is 6.42 Å². The van der Waals surface area contributed by atoms with Gasteiger partial charge < -0.3 is 14.6 Å². The SMILES string of the molecule is C=CC(=O)OC(CC)(CC(O)CCC)OC(=O)C=C. The van der Waals surface area contributed by atoms with Gasteiger partial charge in [-0.15, -0.1) is 0 Å². The summed E-state index contributed by atoms with van der Waals surface area (Å²) in [5.41, 5.74) is 0. The normalized spacial score (nSPS) is 12.4. The number of carbonyl (C=O) groups excluding carboxylic acids is 2. The first-order valence-corrected chi connectivity index (χ1v) is 6.31. The van der Waals surface area contributed by atoms with Crippen LogP contribution in [0.1, 0.15) is 39.5 Å². The Morgan fingerprint density at radius 1 is 1.21 bits per heavy atom. The van der Waals surface area contributed by atoms with Crippen LogP contribution in [0.15, 0.2) is 25.3 Å². The number of hydrogen-bond acceptors (Lipinski definition) is 5. The van der Waals surface area contributed by atoms with Gasteiger partial charge in [-0.25, -0.2) is 9.59 Å². The average Bonchev–Trinajstić information content (AvgIpc) is 2.38. The number of aliphatic hydroxyl groups is 1. The van der Waals surface area contributed by atoms with Gasteiger partial charge in [0.05, 0.1) is 12.5 Å². The number of hydrogen-bond donors (Lipinski definition) is 1. The number of esters is 2. The first-order chi connectivity index (χ1) is 8.92. The molecule has 19 heavy (non-hydrogen) atoms. The van der Waals surface area contributed by atoms with Crippen molar-refractivity contribution < 1.29 is 24.2 Å². The average molecular weight is 270 g/mol. The molecule has 108 valence electrons. The van der Waals surface area contributed by atoms with Gasteiger partial charge in [0.25, 0.3) is 5.79 Å². The van der Waals surface area contributed by atoms with E-state index in [0.717, 1.165) is 18.6 Å². The fourth-order valence-electron chi connectivity index (χ4n) is 1.64. The molecule has 0 aliphatic carbocycles. The van der Waals surface area contributed by atoms with E-state index in [1.54, 1.807) is 6.92 Å². The molecule has 0 bridgehead atoms. The predicted octanol–water partition coefficient (Wildman–Crippen LogP) is 2.10. The smallest absolute Gasteiger partial charge is 0.333 e. The number of rotatable bonds is 9. The van der Waals surface area contributed by atoms with Crippen molar-refractivity contribution in [1.29, 1.82) is 0 Å². The zero-order chi connectivity index (χ0) is 14.9. The lowest BCUT2D eigenvalue weighted by molar-refractivity contribution is -0.232. The lowest BCUT2D eigenvalue weighted by Gasteiger charge is -2.32. The van der Waals surface area contributed by atoms with Crippen LogP contribution in [0.3, 0.4) is 0 Å². The summed E-state index contributed by atoms with van der Waals surface area (Å²) in [6.45, 7) is 10.2. The topological polar surface area (TPSA) is 72.8 Å². The summed E-state index contributed by atoms with van der Waals surface area (Å²) in [4.78, 5) is 22.7. The van der Waals surface area contributed by atoms with Gasteiger partial charge in [0.1, 0.15) is 0 Å². The first-order valence-electron chi connectivity index (χ1n) is 6.31. The highest BCUT2D eigenvalue weighted by molar-refractivity contribution is 5.83. The van der Waals surface area contributed by atoms with Crippen molar-refractivity contribution in [3.05, 3.63) is 25.3 Å². The zero-order valence-corrected chi connectivity index (χ0v) is 11.6. The molecule has 0 amide bonds. The Morgan fingerprint density at radius 2 is 1.68 bits per heavy atom. The van der Waals surface area contributed by atoms with Crippen LogP contribution in [0.5, 0.6) is 0 Å². The summed E-state index contributed by atoms with van der Waals surface area (Å²) in [5, 5.41) is 9.85. The highest BCUT2D eigenvalue weighted by Crippen LogP contribution is 2.26. The molecule has 0 aliphatic heterocycles. The van der Waals surface area contributed by atoms with Gasteiger partial charge in [-0.1, -0.05) is 33.4 Å². The van der Waals surface area contributed by atoms with E-state index in [4.69, 9.17) is 9.47 Å². The lowest BCUT2D eigenvalue weighted by atomic mass is 10.0. The number of ether oxygens (including phenoxy) is 2. The Kier molecular flexibility index (Phi) is 7.75. The predicted molar refractivity (Wildman–Crippen MR) is 71.1 cm³/mol. The van der Waals surface area contributed by atoms with Crippen molar-refractivity contribution in [1.82, 2.24) is 0 Å². The maximum atomic E-state index is 11.4. The molecule has 0 radical (unpaired) electrons. The van der Waals surface area contributed by atoms with Crippen LogP contribution in [-0.2, 0) is 19.1 Å². The molecule has 0 aromatic carbocycles. The molecular formula is C14H22O5. The molecule has 0 heterocycles. The molecule has 0 saturated heterocycles. The zero-order valence-electron chi connectivity index (χ0n) is 11.6. The van der Waals surface area contributed by atoms with Crippen LogP contribution in [0.2, 0.25) is 0 Å². The van der Waals surface area contributed by atoms with Crippen LogP contribution in [-0.4, -0.2) is 28.9 Å². The Morgan fingerprint density at radius 3 is 2.00 bits per heavy atom. The summed E-state index contributed by atoms with van der Waals surface area (Å²) in [6.07, 6.45) is 2.80. The van der Waals surface area contributed by atoms with E-state index in [9.17, 15) is 14.7 Å². The fourth-order valence-corrected chi connectivity index (χ4v) is 1.64. The van der Waals surface area contributed by atoms with Crippen LogP contribution >= 0.6 is 0 Å². The summed E-state index contributed by atoms with van der Waals surface area (Å²) < 4.78 is 10.2. The van der Waals surface area contributed by atoms with E-state index in [1.165, 1.54) is 0 Å².